The van der Waals surface area contributed by atoms with Crippen molar-refractivity contribution in [3.8, 4) is 0 Å². The lowest BCUT2D eigenvalue weighted by Gasteiger charge is -2.33. The minimum atomic E-state index is -0.396. The molecule has 0 radical (unpaired) electrons. The zero-order valence-electron chi connectivity index (χ0n) is 11.9. The van der Waals surface area contributed by atoms with Gasteiger partial charge in [0.2, 0.25) is 11.8 Å². The molecule has 0 saturated carbocycles. The van der Waals surface area contributed by atoms with Crippen molar-refractivity contribution in [3.05, 3.63) is 0 Å². The molecule has 0 aromatic rings. The lowest BCUT2D eigenvalue weighted by Crippen LogP contribution is -2.49. The van der Waals surface area contributed by atoms with Crippen molar-refractivity contribution in [3.63, 3.8) is 0 Å². The maximum atomic E-state index is 11.6. The summed E-state index contributed by atoms with van der Waals surface area (Å²) in [5.41, 5.74) is -0.396. The molecule has 5 nitrogen and oxygen atoms in total. The topological polar surface area (TPSA) is 61.4 Å². The van der Waals surface area contributed by atoms with Gasteiger partial charge in [-0.2, -0.15) is 0 Å². The highest BCUT2D eigenvalue weighted by Gasteiger charge is 2.28. The smallest absolute Gasteiger partial charge is 0.226 e. The Bertz CT molecular complexity index is 307. The lowest BCUT2D eigenvalue weighted by molar-refractivity contribution is -0.129. The SMILES string of the molecule is CNC(=O)C(C)(C)CNC1CCN(C(C)=O)CC1. The van der Waals surface area contributed by atoms with Crippen LogP contribution < -0.4 is 10.6 Å². The molecule has 1 aliphatic rings. The fraction of sp³-hybridized carbons (Fsp3) is 0.846. The van der Waals surface area contributed by atoms with Crippen LogP contribution in [0.25, 0.3) is 0 Å². The van der Waals surface area contributed by atoms with Crippen molar-refractivity contribution in [2.24, 2.45) is 5.41 Å². The summed E-state index contributed by atoms with van der Waals surface area (Å²) in [7, 11) is 1.66. The van der Waals surface area contributed by atoms with Crippen LogP contribution in [0.4, 0.5) is 0 Å². The first-order chi connectivity index (χ1) is 8.36. The van der Waals surface area contributed by atoms with Gasteiger partial charge in [0.15, 0.2) is 0 Å². The van der Waals surface area contributed by atoms with Gasteiger partial charge in [0.05, 0.1) is 5.41 Å². The van der Waals surface area contributed by atoms with E-state index in [0.29, 0.717) is 12.6 Å². The number of amides is 2. The van der Waals surface area contributed by atoms with Gasteiger partial charge in [-0.05, 0) is 26.7 Å². The molecule has 0 aromatic heterocycles. The van der Waals surface area contributed by atoms with E-state index in [1.54, 1.807) is 14.0 Å². The number of hydrogen-bond donors (Lipinski definition) is 2. The molecule has 1 saturated heterocycles. The monoisotopic (exact) mass is 255 g/mol. The zero-order valence-corrected chi connectivity index (χ0v) is 11.9. The fourth-order valence-electron chi connectivity index (χ4n) is 2.22. The third-order valence-electron chi connectivity index (χ3n) is 3.61. The van der Waals surface area contributed by atoms with Crippen LogP contribution >= 0.6 is 0 Å². The molecule has 1 heterocycles. The first kappa shape index (κ1) is 15.0. The van der Waals surface area contributed by atoms with Crippen LogP contribution in [0, 0.1) is 5.41 Å². The van der Waals surface area contributed by atoms with Gasteiger partial charge < -0.3 is 15.5 Å². The molecule has 0 bridgehead atoms. The molecule has 0 aliphatic carbocycles. The molecule has 1 aliphatic heterocycles. The highest BCUT2D eigenvalue weighted by Crippen LogP contribution is 2.16. The predicted octanol–water partition coefficient (Wildman–Crippen LogP) is 0.359. The number of nitrogens with one attached hydrogen (secondary N) is 2. The maximum absolute atomic E-state index is 11.6. The van der Waals surface area contributed by atoms with Crippen molar-refractivity contribution >= 4 is 11.8 Å². The van der Waals surface area contributed by atoms with Crippen molar-refractivity contribution < 1.29 is 9.59 Å². The van der Waals surface area contributed by atoms with Gasteiger partial charge in [0.1, 0.15) is 0 Å². The highest BCUT2D eigenvalue weighted by atomic mass is 16.2. The van der Waals surface area contributed by atoms with Gasteiger partial charge in [-0.3, -0.25) is 9.59 Å². The van der Waals surface area contributed by atoms with Gasteiger partial charge >= 0.3 is 0 Å². The van der Waals surface area contributed by atoms with Crippen LogP contribution in [0.1, 0.15) is 33.6 Å². The Hall–Kier alpha value is -1.10. The first-order valence-corrected chi connectivity index (χ1v) is 6.58. The minimum Gasteiger partial charge on any atom is -0.359 e. The second-order valence-electron chi connectivity index (χ2n) is 5.62. The maximum Gasteiger partial charge on any atom is 0.226 e. The van der Waals surface area contributed by atoms with Crippen LogP contribution in [-0.4, -0.2) is 49.4 Å². The predicted molar refractivity (Wildman–Crippen MR) is 71.1 cm³/mol. The molecule has 2 N–H and O–H groups in total. The molecule has 18 heavy (non-hydrogen) atoms. The Morgan fingerprint density at radius 1 is 1.28 bits per heavy atom. The summed E-state index contributed by atoms with van der Waals surface area (Å²) >= 11 is 0. The van der Waals surface area contributed by atoms with Crippen LogP contribution in [-0.2, 0) is 9.59 Å². The number of carbonyl (C=O) groups is 2. The average Bonchev–Trinajstić information content (AvgIpc) is 2.35. The Morgan fingerprint density at radius 2 is 1.83 bits per heavy atom. The normalized spacial score (nSPS) is 17.7. The zero-order chi connectivity index (χ0) is 13.8. The van der Waals surface area contributed by atoms with Gasteiger partial charge in [-0.15, -0.1) is 0 Å². The summed E-state index contributed by atoms with van der Waals surface area (Å²) in [6.07, 6.45) is 1.92. The second kappa shape index (κ2) is 6.18. The van der Waals surface area contributed by atoms with E-state index in [0.717, 1.165) is 25.9 Å². The van der Waals surface area contributed by atoms with E-state index in [1.165, 1.54) is 0 Å². The molecular weight excluding hydrogens is 230 g/mol. The number of carbonyl (C=O) groups excluding carboxylic acids is 2. The summed E-state index contributed by atoms with van der Waals surface area (Å²) < 4.78 is 0. The Labute approximate surface area is 109 Å². The largest absolute Gasteiger partial charge is 0.359 e. The molecule has 5 heteroatoms. The van der Waals surface area contributed by atoms with Crippen molar-refractivity contribution in [2.45, 2.75) is 39.7 Å². The Morgan fingerprint density at radius 3 is 2.28 bits per heavy atom. The van der Waals surface area contributed by atoms with Crippen LogP contribution in [0.2, 0.25) is 0 Å². The molecule has 0 spiro atoms. The quantitative estimate of drug-likeness (QED) is 0.762. The van der Waals surface area contributed by atoms with Gasteiger partial charge in [0, 0.05) is 39.6 Å². The second-order valence-corrected chi connectivity index (χ2v) is 5.62. The van der Waals surface area contributed by atoms with E-state index >= 15 is 0 Å². The number of likely N-dealkylation sites (tertiary alicyclic amines) is 1. The molecule has 0 unspecified atom stereocenters. The Kier molecular flexibility index (Phi) is 5.14. The van der Waals surface area contributed by atoms with Gasteiger partial charge in [-0.1, -0.05) is 0 Å². The van der Waals surface area contributed by atoms with Gasteiger partial charge in [0.25, 0.3) is 0 Å². The van der Waals surface area contributed by atoms with Crippen LogP contribution in [0.15, 0.2) is 0 Å². The summed E-state index contributed by atoms with van der Waals surface area (Å²) in [4.78, 5) is 24.7. The number of piperidine rings is 1. The molecule has 0 aromatic carbocycles. The molecule has 1 fully saturated rings. The first-order valence-electron chi connectivity index (χ1n) is 6.58. The van der Waals surface area contributed by atoms with Crippen LogP contribution in [0.3, 0.4) is 0 Å². The van der Waals surface area contributed by atoms with E-state index < -0.39 is 5.41 Å². The van der Waals surface area contributed by atoms with Crippen LogP contribution in [0.5, 0.6) is 0 Å². The van der Waals surface area contributed by atoms with E-state index in [1.807, 2.05) is 18.7 Å². The van der Waals surface area contributed by atoms with E-state index in [-0.39, 0.29) is 11.8 Å². The number of hydrogen-bond acceptors (Lipinski definition) is 3. The Balaban J connectivity index is 2.34. The van der Waals surface area contributed by atoms with Gasteiger partial charge in [-0.25, -0.2) is 0 Å². The van der Waals surface area contributed by atoms with Crippen molar-refractivity contribution in [2.75, 3.05) is 26.7 Å². The summed E-state index contributed by atoms with van der Waals surface area (Å²) in [6.45, 7) is 7.77. The van der Waals surface area contributed by atoms with E-state index in [9.17, 15) is 9.59 Å². The summed E-state index contributed by atoms with van der Waals surface area (Å²) in [6, 6.07) is 0.407. The number of rotatable bonds is 4. The van der Waals surface area contributed by atoms with E-state index in [4.69, 9.17) is 0 Å². The van der Waals surface area contributed by atoms with Crippen molar-refractivity contribution in [1.29, 1.82) is 0 Å². The molecule has 0 atom stereocenters. The summed E-state index contributed by atoms with van der Waals surface area (Å²) in [5, 5.41) is 6.12. The summed E-state index contributed by atoms with van der Waals surface area (Å²) in [5.74, 6) is 0.204. The lowest BCUT2D eigenvalue weighted by atomic mass is 9.91. The molecule has 104 valence electrons. The number of nitrogens with zero attached hydrogens (tertiary/aromatic N) is 1. The van der Waals surface area contributed by atoms with Crippen molar-refractivity contribution in [1.82, 2.24) is 15.5 Å². The standard InChI is InChI=1S/C13H25N3O2/c1-10(17)16-7-5-11(6-8-16)15-9-13(2,3)12(18)14-4/h11,15H,5-9H2,1-4H3,(H,14,18). The highest BCUT2D eigenvalue weighted by molar-refractivity contribution is 5.81. The third-order valence-corrected chi connectivity index (χ3v) is 3.61. The molecular formula is C13H25N3O2. The molecule has 2 amide bonds. The fourth-order valence-corrected chi connectivity index (χ4v) is 2.22. The molecule has 1 rings (SSSR count). The van der Waals surface area contributed by atoms with E-state index in [2.05, 4.69) is 10.6 Å². The average molecular weight is 255 g/mol. The third kappa shape index (κ3) is 3.98. The minimum absolute atomic E-state index is 0.0520.